The summed E-state index contributed by atoms with van der Waals surface area (Å²) in [6, 6.07) is 13.8. The third-order valence-electron chi connectivity index (χ3n) is 3.33. The smallest absolute Gasteiger partial charge is 0.238 e. The lowest BCUT2D eigenvalue weighted by Gasteiger charge is -2.05. The maximum absolute atomic E-state index is 11.3. The Bertz CT molecular complexity index is 897. The van der Waals surface area contributed by atoms with E-state index in [1.165, 1.54) is 12.1 Å². The molecule has 0 spiro atoms. The molecule has 22 heavy (non-hydrogen) atoms. The van der Waals surface area contributed by atoms with E-state index in [0.29, 0.717) is 5.69 Å². The van der Waals surface area contributed by atoms with Gasteiger partial charge >= 0.3 is 0 Å². The number of rotatable bonds is 3. The zero-order valence-electron chi connectivity index (χ0n) is 11.5. The minimum absolute atomic E-state index is 0.0739. The number of hydrogen-bond acceptors (Lipinski definition) is 4. The second-order valence-corrected chi connectivity index (χ2v) is 6.41. The zero-order chi connectivity index (χ0) is 15.7. The molecular formula is C15H14N4O2S. The highest BCUT2D eigenvalue weighted by molar-refractivity contribution is 7.89. The quantitative estimate of drug-likeness (QED) is 0.641. The topological polar surface area (TPSA) is 115 Å². The largest absolute Gasteiger partial charge is 0.399 e. The van der Waals surface area contributed by atoms with Gasteiger partial charge in [0.25, 0.3) is 0 Å². The number of hydrogen-bond donors (Lipinski definition) is 3. The molecule has 0 aliphatic heterocycles. The van der Waals surface area contributed by atoms with Gasteiger partial charge in [-0.15, -0.1) is 0 Å². The first-order chi connectivity index (χ1) is 10.4. The van der Waals surface area contributed by atoms with Crippen molar-refractivity contribution in [3.05, 3.63) is 54.7 Å². The van der Waals surface area contributed by atoms with Crippen LogP contribution in [0.15, 0.2) is 59.6 Å². The number of nitrogen functional groups attached to an aromatic ring is 1. The number of benzene rings is 2. The van der Waals surface area contributed by atoms with Gasteiger partial charge in [0, 0.05) is 16.8 Å². The molecule has 0 aliphatic carbocycles. The summed E-state index contributed by atoms with van der Waals surface area (Å²) in [7, 11) is -3.70. The van der Waals surface area contributed by atoms with E-state index in [1.54, 1.807) is 18.3 Å². The van der Waals surface area contributed by atoms with Crippen molar-refractivity contribution in [1.29, 1.82) is 0 Å². The summed E-state index contributed by atoms with van der Waals surface area (Å²) < 4.78 is 22.6. The Morgan fingerprint density at radius 3 is 2.09 bits per heavy atom. The van der Waals surface area contributed by atoms with E-state index >= 15 is 0 Å². The highest BCUT2D eigenvalue weighted by atomic mass is 32.2. The summed E-state index contributed by atoms with van der Waals surface area (Å²) in [6.45, 7) is 0. The molecule has 2 aromatic carbocycles. The fraction of sp³-hybridized carbons (Fsp3) is 0. The van der Waals surface area contributed by atoms with Crippen LogP contribution in [0.25, 0.3) is 22.4 Å². The summed E-state index contributed by atoms with van der Waals surface area (Å²) in [5.41, 5.74) is 9.87. The summed E-state index contributed by atoms with van der Waals surface area (Å²) in [4.78, 5) is 0.0739. The Morgan fingerprint density at radius 2 is 1.50 bits per heavy atom. The number of H-pyrrole nitrogens is 1. The molecule has 1 heterocycles. The van der Waals surface area contributed by atoms with Crippen molar-refractivity contribution < 1.29 is 8.42 Å². The van der Waals surface area contributed by atoms with Gasteiger partial charge in [-0.25, -0.2) is 13.6 Å². The van der Waals surface area contributed by atoms with Crippen molar-refractivity contribution in [2.45, 2.75) is 4.90 Å². The number of nitrogens with one attached hydrogen (secondary N) is 1. The van der Waals surface area contributed by atoms with Crippen molar-refractivity contribution in [1.82, 2.24) is 10.2 Å². The van der Waals surface area contributed by atoms with Crippen LogP contribution in [-0.4, -0.2) is 18.6 Å². The molecule has 3 aromatic rings. The average molecular weight is 314 g/mol. The predicted molar refractivity (Wildman–Crippen MR) is 85.2 cm³/mol. The van der Waals surface area contributed by atoms with Gasteiger partial charge in [0.2, 0.25) is 10.0 Å². The maximum atomic E-state index is 11.3. The Labute approximate surface area is 127 Å². The van der Waals surface area contributed by atoms with Gasteiger partial charge in [-0.05, 0) is 29.8 Å². The monoisotopic (exact) mass is 314 g/mol. The molecule has 0 saturated heterocycles. The SMILES string of the molecule is Nc1ccc(-c2cn[nH]c2-c2ccc(S(N)(=O)=O)cc2)cc1. The Balaban J connectivity index is 2.03. The lowest BCUT2D eigenvalue weighted by Crippen LogP contribution is -2.11. The molecule has 3 rings (SSSR count). The summed E-state index contributed by atoms with van der Waals surface area (Å²) in [5, 5.41) is 12.1. The average Bonchev–Trinajstić information content (AvgIpc) is 2.97. The molecule has 0 unspecified atom stereocenters. The van der Waals surface area contributed by atoms with Gasteiger partial charge < -0.3 is 5.73 Å². The maximum Gasteiger partial charge on any atom is 0.238 e. The number of anilines is 1. The molecular weight excluding hydrogens is 300 g/mol. The van der Waals surface area contributed by atoms with Crippen molar-refractivity contribution in [2.75, 3.05) is 5.73 Å². The molecule has 7 heteroatoms. The number of aromatic nitrogens is 2. The van der Waals surface area contributed by atoms with Crippen molar-refractivity contribution >= 4 is 15.7 Å². The third kappa shape index (κ3) is 2.72. The molecule has 5 N–H and O–H groups in total. The van der Waals surface area contributed by atoms with Crippen molar-refractivity contribution in [2.24, 2.45) is 5.14 Å². The molecule has 0 bridgehead atoms. The zero-order valence-corrected chi connectivity index (χ0v) is 12.3. The molecule has 112 valence electrons. The first-order valence-corrected chi connectivity index (χ1v) is 8.02. The second kappa shape index (κ2) is 5.28. The Hall–Kier alpha value is -2.64. The second-order valence-electron chi connectivity index (χ2n) is 4.85. The fourth-order valence-electron chi connectivity index (χ4n) is 2.20. The molecule has 0 atom stereocenters. The molecule has 6 nitrogen and oxygen atoms in total. The summed E-state index contributed by atoms with van der Waals surface area (Å²) in [5.74, 6) is 0. The van der Waals surface area contributed by atoms with Crippen molar-refractivity contribution in [3.8, 4) is 22.4 Å². The predicted octanol–water partition coefficient (Wildman–Crippen LogP) is 1.97. The number of sulfonamides is 1. The van der Waals surface area contributed by atoms with Crippen LogP contribution in [0.5, 0.6) is 0 Å². The van der Waals surface area contributed by atoms with E-state index in [1.807, 2.05) is 24.3 Å². The minimum Gasteiger partial charge on any atom is -0.399 e. The van der Waals surface area contributed by atoms with Crippen molar-refractivity contribution in [3.63, 3.8) is 0 Å². The van der Waals surface area contributed by atoms with Gasteiger partial charge in [-0.3, -0.25) is 5.10 Å². The van der Waals surface area contributed by atoms with E-state index in [9.17, 15) is 8.42 Å². The van der Waals surface area contributed by atoms with E-state index in [0.717, 1.165) is 22.4 Å². The molecule has 0 radical (unpaired) electrons. The van der Waals surface area contributed by atoms with Crippen LogP contribution in [0, 0.1) is 0 Å². The van der Waals surface area contributed by atoms with Gasteiger partial charge in [-0.1, -0.05) is 24.3 Å². The van der Waals surface area contributed by atoms with Crippen LogP contribution in [0.2, 0.25) is 0 Å². The fourth-order valence-corrected chi connectivity index (χ4v) is 2.71. The van der Waals surface area contributed by atoms with Gasteiger partial charge in [0.1, 0.15) is 0 Å². The molecule has 0 saturated carbocycles. The van der Waals surface area contributed by atoms with Gasteiger partial charge in [-0.2, -0.15) is 5.10 Å². The number of primary sulfonamides is 1. The summed E-state index contributed by atoms with van der Waals surface area (Å²) in [6.07, 6.45) is 1.72. The van der Waals surface area contributed by atoms with Gasteiger partial charge in [0.05, 0.1) is 16.8 Å². The molecule has 1 aromatic heterocycles. The third-order valence-corrected chi connectivity index (χ3v) is 4.26. The van der Waals surface area contributed by atoms with Crippen LogP contribution >= 0.6 is 0 Å². The van der Waals surface area contributed by atoms with E-state index in [-0.39, 0.29) is 4.90 Å². The van der Waals surface area contributed by atoms with Crippen LogP contribution in [-0.2, 0) is 10.0 Å². The number of nitrogens with zero attached hydrogens (tertiary/aromatic N) is 1. The van der Waals surface area contributed by atoms with E-state index < -0.39 is 10.0 Å². The standard InChI is InChI=1S/C15H14N4O2S/c16-12-5-1-10(2-6-12)14-9-18-19-15(14)11-3-7-13(8-4-11)22(17,20)21/h1-9H,16H2,(H,18,19)(H2,17,20,21). The normalized spacial score (nSPS) is 11.5. The van der Waals surface area contributed by atoms with Crippen LogP contribution in [0.3, 0.4) is 0 Å². The summed E-state index contributed by atoms with van der Waals surface area (Å²) >= 11 is 0. The Kier molecular flexibility index (Phi) is 3.44. The van der Waals surface area contributed by atoms with E-state index in [4.69, 9.17) is 10.9 Å². The molecule has 0 amide bonds. The molecule has 0 fully saturated rings. The minimum atomic E-state index is -3.70. The molecule has 0 aliphatic rings. The first kappa shape index (κ1) is 14.3. The van der Waals surface area contributed by atoms with Gasteiger partial charge in [0.15, 0.2) is 0 Å². The van der Waals surface area contributed by atoms with Crippen LogP contribution in [0.4, 0.5) is 5.69 Å². The lowest BCUT2D eigenvalue weighted by atomic mass is 10.0. The highest BCUT2D eigenvalue weighted by Crippen LogP contribution is 2.30. The van der Waals surface area contributed by atoms with Crippen LogP contribution < -0.4 is 10.9 Å². The number of nitrogens with two attached hydrogens (primary N) is 2. The van der Waals surface area contributed by atoms with E-state index in [2.05, 4.69) is 10.2 Å². The lowest BCUT2D eigenvalue weighted by molar-refractivity contribution is 0.598. The highest BCUT2D eigenvalue weighted by Gasteiger charge is 2.12. The first-order valence-electron chi connectivity index (χ1n) is 6.48. The Morgan fingerprint density at radius 1 is 0.909 bits per heavy atom. The number of aromatic amines is 1. The van der Waals surface area contributed by atoms with Crippen LogP contribution in [0.1, 0.15) is 0 Å².